The van der Waals surface area contributed by atoms with Crippen molar-refractivity contribution in [3.8, 4) is 0 Å². The summed E-state index contributed by atoms with van der Waals surface area (Å²) in [5.41, 5.74) is 1.49. The number of piperidine rings is 1. The fourth-order valence-corrected chi connectivity index (χ4v) is 2.31. The molecule has 1 atom stereocenters. The van der Waals surface area contributed by atoms with Crippen LogP contribution in [-0.4, -0.2) is 12.5 Å². The maximum atomic E-state index is 13.4. The fraction of sp³-hybridized carbons (Fsp3) is 0.538. The van der Waals surface area contributed by atoms with Gasteiger partial charge < -0.3 is 5.32 Å². The number of aryl methyl sites for hydroxylation is 1. The molecule has 0 amide bonds. The van der Waals surface area contributed by atoms with E-state index >= 15 is 0 Å². The van der Waals surface area contributed by atoms with Gasteiger partial charge in [0, 0.05) is 24.9 Å². The van der Waals surface area contributed by atoms with Crippen LogP contribution in [0.3, 0.4) is 0 Å². The third-order valence-electron chi connectivity index (χ3n) is 3.31. The quantitative estimate of drug-likeness (QED) is 0.773. The predicted molar refractivity (Wildman–Crippen MR) is 60.7 cm³/mol. The van der Waals surface area contributed by atoms with Crippen molar-refractivity contribution in [2.75, 3.05) is 6.54 Å². The Balaban J connectivity index is 2.27. The van der Waals surface area contributed by atoms with Crippen LogP contribution in [0.5, 0.6) is 0 Å². The van der Waals surface area contributed by atoms with Gasteiger partial charge in [0.1, 0.15) is 0 Å². The second-order valence-corrected chi connectivity index (χ2v) is 4.91. The predicted octanol–water partition coefficient (Wildman–Crippen LogP) is 3.23. The lowest BCUT2D eigenvalue weighted by atomic mass is 9.82. The van der Waals surface area contributed by atoms with Crippen LogP contribution >= 0.6 is 0 Å². The molecule has 1 aliphatic rings. The van der Waals surface area contributed by atoms with Crippen LogP contribution in [0.25, 0.3) is 0 Å². The number of nitrogens with one attached hydrogen (secondary N) is 1. The maximum Gasteiger partial charge on any atom is 0.251 e. The molecule has 0 bridgehead atoms. The Kier molecular flexibility index (Phi) is 2.74. The summed E-state index contributed by atoms with van der Waals surface area (Å²) in [5.74, 6) is -2.55. The minimum absolute atomic E-state index is 0.0611. The van der Waals surface area contributed by atoms with Crippen molar-refractivity contribution in [2.24, 2.45) is 0 Å². The van der Waals surface area contributed by atoms with E-state index in [1.54, 1.807) is 0 Å². The monoisotopic (exact) mass is 225 g/mol. The summed E-state index contributed by atoms with van der Waals surface area (Å²) < 4.78 is 26.8. The summed E-state index contributed by atoms with van der Waals surface area (Å²) in [4.78, 5) is 0. The first kappa shape index (κ1) is 11.5. The highest BCUT2D eigenvalue weighted by molar-refractivity contribution is 5.28. The molecule has 0 saturated carbocycles. The van der Waals surface area contributed by atoms with E-state index in [4.69, 9.17) is 0 Å². The van der Waals surface area contributed by atoms with Crippen molar-refractivity contribution in [2.45, 2.75) is 38.2 Å². The SMILES string of the molecule is Cc1ccc(C2(C)CC(F)(F)CCN2)cc1. The van der Waals surface area contributed by atoms with Crippen molar-refractivity contribution < 1.29 is 8.78 Å². The molecule has 0 aromatic heterocycles. The lowest BCUT2D eigenvalue weighted by Crippen LogP contribution is -2.50. The van der Waals surface area contributed by atoms with Gasteiger partial charge in [0.05, 0.1) is 0 Å². The van der Waals surface area contributed by atoms with Crippen molar-refractivity contribution in [1.82, 2.24) is 5.32 Å². The van der Waals surface area contributed by atoms with Crippen LogP contribution in [0, 0.1) is 6.92 Å². The molecule has 3 heteroatoms. The second-order valence-electron chi connectivity index (χ2n) is 4.91. The summed E-state index contributed by atoms with van der Waals surface area (Å²) in [7, 11) is 0. The normalized spacial score (nSPS) is 29.0. The van der Waals surface area contributed by atoms with E-state index in [0.717, 1.165) is 11.1 Å². The minimum Gasteiger partial charge on any atom is -0.307 e. The molecule has 1 nitrogen and oxygen atoms in total. The highest BCUT2D eigenvalue weighted by Crippen LogP contribution is 2.38. The van der Waals surface area contributed by atoms with Crippen molar-refractivity contribution in [3.05, 3.63) is 35.4 Å². The Hall–Kier alpha value is -0.960. The third-order valence-corrected chi connectivity index (χ3v) is 3.31. The smallest absolute Gasteiger partial charge is 0.251 e. The Morgan fingerprint density at radius 3 is 2.38 bits per heavy atom. The molecule has 88 valence electrons. The van der Waals surface area contributed by atoms with Crippen LogP contribution in [0.15, 0.2) is 24.3 Å². The lowest BCUT2D eigenvalue weighted by molar-refractivity contribution is -0.0611. The minimum atomic E-state index is -2.55. The Labute approximate surface area is 94.9 Å². The van der Waals surface area contributed by atoms with Crippen molar-refractivity contribution >= 4 is 0 Å². The molecule has 1 fully saturated rings. The van der Waals surface area contributed by atoms with E-state index in [9.17, 15) is 8.78 Å². The number of halogens is 2. The largest absolute Gasteiger partial charge is 0.307 e. The Bertz CT molecular complexity index is 372. The van der Waals surface area contributed by atoms with Crippen molar-refractivity contribution in [3.63, 3.8) is 0 Å². The van der Waals surface area contributed by atoms with Gasteiger partial charge in [0.25, 0.3) is 5.92 Å². The molecule has 2 rings (SSSR count). The molecule has 1 saturated heterocycles. The van der Waals surface area contributed by atoms with E-state index in [0.29, 0.717) is 6.54 Å². The Morgan fingerprint density at radius 1 is 1.19 bits per heavy atom. The van der Waals surface area contributed by atoms with Gasteiger partial charge in [-0.25, -0.2) is 8.78 Å². The molecule has 1 aromatic carbocycles. The molecular formula is C13H17F2N. The first-order valence-electron chi connectivity index (χ1n) is 5.61. The van der Waals surface area contributed by atoms with E-state index in [2.05, 4.69) is 5.32 Å². The molecule has 1 N–H and O–H groups in total. The summed E-state index contributed by atoms with van der Waals surface area (Å²) >= 11 is 0. The highest BCUT2D eigenvalue weighted by Gasteiger charge is 2.43. The van der Waals surface area contributed by atoms with Gasteiger partial charge in [-0.05, 0) is 19.4 Å². The average Bonchev–Trinajstić information content (AvgIpc) is 2.16. The number of hydrogen-bond donors (Lipinski definition) is 1. The third kappa shape index (κ3) is 2.24. The molecular weight excluding hydrogens is 208 g/mol. The van der Waals surface area contributed by atoms with Crippen molar-refractivity contribution in [1.29, 1.82) is 0 Å². The second kappa shape index (κ2) is 3.81. The van der Waals surface area contributed by atoms with Crippen LogP contribution in [0.1, 0.15) is 30.9 Å². The van der Waals surface area contributed by atoms with Crippen LogP contribution < -0.4 is 5.32 Å². The number of benzene rings is 1. The molecule has 1 heterocycles. The zero-order valence-corrected chi connectivity index (χ0v) is 9.69. The van der Waals surface area contributed by atoms with Gasteiger partial charge in [-0.3, -0.25) is 0 Å². The van der Waals surface area contributed by atoms with E-state index < -0.39 is 11.5 Å². The first-order chi connectivity index (χ1) is 7.41. The number of rotatable bonds is 1. The van der Waals surface area contributed by atoms with Gasteiger partial charge in [-0.15, -0.1) is 0 Å². The summed E-state index contributed by atoms with van der Waals surface area (Å²) in [6.45, 7) is 4.22. The fourth-order valence-electron chi connectivity index (χ4n) is 2.31. The molecule has 0 radical (unpaired) electrons. The zero-order chi connectivity index (χ0) is 11.8. The van der Waals surface area contributed by atoms with E-state index in [-0.39, 0.29) is 12.8 Å². The zero-order valence-electron chi connectivity index (χ0n) is 9.69. The van der Waals surface area contributed by atoms with Gasteiger partial charge in [-0.1, -0.05) is 29.8 Å². The van der Waals surface area contributed by atoms with Gasteiger partial charge >= 0.3 is 0 Å². The molecule has 16 heavy (non-hydrogen) atoms. The summed E-state index contributed by atoms with van der Waals surface area (Å²) in [5, 5.41) is 3.21. The molecule has 1 aliphatic heterocycles. The molecule has 1 aromatic rings. The topological polar surface area (TPSA) is 12.0 Å². The molecule has 0 spiro atoms. The maximum absolute atomic E-state index is 13.4. The molecule has 0 aliphatic carbocycles. The summed E-state index contributed by atoms with van der Waals surface area (Å²) in [6.07, 6.45) is -0.183. The van der Waals surface area contributed by atoms with Crippen LogP contribution in [0.4, 0.5) is 8.78 Å². The Morgan fingerprint density at radius 2 is 1.81 bits per heavy atom. The van der Waals surface area contributed by atoms with E-state index in [1.807, 2.05) is 38.1 Å². The number of alkyl halides is 2. The lowest BCUT2D eigenvalue weighted by Gasteiger charge is -2.39. The summed E-state index contributed by atoms with van der Waals surface area (Å²) in [6, 6.07) is 7.80. The van der Waals surface area contributed by atoms with Crippen LogP contribution in [-0.2, 0) is 5.54 Å². The average molecular weight is 225 g/mol. The van der Waals surface area contributed by atoms with Gasteiger partial charge in [0.2, 0.25) is 0 Å². The first-order valence-corrected chi connectivity index (χ1v) is 5.61. The van der Waals surface area contributed by atoms with Gasteiger partial charge in [0.15, 0.2) is 0 Å². The standard InChI is InChI=1S/C13H17F2N/c1-10-3-5-11(6-4-10)12(2)9-13(14,15)7-8-16-12/h3-6,16H,7-9H2,1-2H3. The van der Waals surface area contributed by atoms with Crippen LogP contribution in [0.2, 0.25) is 0 Å². The highest BCUT2D eigenvalue weighted by atomic mass is 19.3. The van der Waals surface area contributed by atoms with E-state index in [1.165, 1.54) is 0 Å². The number of hydrogen-bond acceptors (Lipinski definition) is 1. The molecule has 1 unspecified atom stereocenters. The van der Waals surface area contributed by atoms with Gasteiger partial charge in [-0.2, -0.15) is 0 Å².